The molecule has 1 rings (SSSR count). The van der Waals surface area contributed by atoms with Gasteiger partial charge in [0, 0.05) is 12.6 Å². The van der Waals surface area contributed by atoms with Gasteiger partial charge in [0.2, 0.25) is 0 Å². The number of hydrogen-bond acceptors (Lipinski definition) is 4. The fraction of sp³-hybridized carbons (Fsp3) is 0.857. The van der Waals surface area contributed by atoms with E-state index in [-0.39, 0.29) is 24.0 Å². The summed E-state index contributed by atoms with van der Waals surface area (Å²) in [6.07, 6.45) is 0.393. The fourth-order valence-electron chi connectivity index (χ4n) is 1.33. The van der Waals surface area contributed by atoms with Gasteiger partial charge < -0.3 is 10.4 Å². The van der Waals surface area contributed by atoms with E-state index in [0.29, 0.717) is 13.0 Å². The van der Waals surface area contributed by atoms with Crippen LogP contribution < -0.4 is 5.32 Å². The van der Waals surface area contributed by atoms with E-state index in [1.165, 1.54) is 0 Å². The second kappa shape index (κ2) is 4.06. The minimum absolute atomic E-state index is 0.00444. The van der Waals surface area contributed by atoms with Gasteiger partial charge in [-0.15, -0.1) is 0 Å². The Kier molecular flexibility index (Phi) is 3.27. The largest absolute Gasteiger partial charge is 0.481 e. The average molecular weight is 207 g/mol. The molecule has 1 atom stereocenters. The van der Waals surface area contributed by atoms with Crippen LogP contribution in [0.5, 0.6) is 0 Å². The zero-order valence-electron chi connectivity index (χ0n) is 7.19. The molecule has 76 valence electrons. The zero-order valence-corrected chi connectivity index (χ0v) is 8.01. The highest BCUT2D eigenvalue weighted by molar-refractivity contribution is 7.91. The molecule has 2 N–H and O–H groups in total. The first-order chi connectivity index (χ1) is 5.99. The number of nitrogens with one attached hydrogen (secondary N) is 1. The standard InChI is InChI=1S/C7H13NO4S/c9-7(10)5-6-1-3-13(11,12)4-2-8-6/h6,8H,1-5H2,(H,9,10). The van der Waals surface area contributed by atoms with Crippen molar-refractivity contribution in [2.45, 2.75) is 18.9 Å². The minimum atomic E-state index is -2.94. The Bertz CT molecular complexity index is 285. The van der Waals surface area contributed by atoms with Gasteiger partial charge in [-0.25, -0.2) is 8.42 Å². The highest BCUT2D eigenvalue weighted by Gasteiger charge is 2.21. The van der Waals surface area contributed by atoms with Crippen LogP contribution in [0.1, 0.15) is 12.8 Å². The zero-order chi connectivity index (χ0) is 9.90. The Morgan fingerprint density at radius 2 is 2.15 bits per heavy atom. The molecule has 0 spiro atoms. The summed E-state index contributed by atoms with van der Waals surface area (Å²) in [5, 5.41) is 11.4. The lowest BCUT2D eigenvalue weighted by Crippen LogP contribution is -2.31. The van der Waals surface area contributed by atoms with Crippen LogP contribution in [-0.2, 0) is 14.6 Å². The van der Waals surface area contributed by atoms with Crippen molar-refractivity contribution in [1.82, 2.24) is 5.32 Å². The van der Waals surface area contributed by atoms with Crippen molar-refractivity contribution in [3.8, 4) is 0 Å². The molecule has 1 saturated heterocycles. The van der Waals surface area contributed by atoms with Crippen LogP contribution in [0.25, 0.3) is 0 Å². The van der Waals surface area contributed by atoms with Crippen LogP contribution in [-0.4, -0.2) is 43.6 Å². The van der Waals surface area contributed by atoms with Gasteiger partial charge in [0.05, 0.1) is 17.9 Å². The first-order valence-corrected chi connectivity index (χ1v) is 5.97. The first-order valence-electron chi connectivity index (χ1n) is 4.15. The summed E-state index contributed by atoms with van der Waals surface area (Å²) < 4.78 is 22.2. The van der Waals surface area contributed by atoms with E-state index in [0.717, 1.165) is 0 Å². The van der Waals surface area contributed by atoms with Gasteiger partial charge in [-0.1, -0.05) is 0 Å². The van der Waals surface area contributed by atoms with Crippen molar-refractivity contribution in [2.24, 2.45) is 0 Å². The van der Waals surface area contributed by atoms with Gasteiger partial charge in [0.15, 0.2) is 9.84 Å². The molecule has 0 aromatic carbocycles. The smallest absolute Gasteiger partial charge is 0.304 e. The summed E-state index contributed by atoms with van der Waals surface area (Å²) in [7, 11) is -2.94. The van der Waals surface area contributed by atoms with E-state index in [1.54, 1.807) is 0 Å². The van der Waals surface area contributed by atoms with E-state index in [9.17, 15) is 13.2 Å². The maximum absolute atomic E-state index is 11.1. The average Bonchev–Trinajstić information content (AvgIpc) is 2.12. The number of carbonyl (C=O) groups is 1. The molecule has 0 bridgehead atoms. The first kappa shape index (κ1) is 10.5. The molecule has 0 saturated carbocycles. The van der Waals surface area contributed by atoms with Crippen LogP contribution in [0.15, 0.2) is 0 Å². The molecule has 0 amide bonds. The second-order valence-electron chi connectivity index (χ2n) is 3.19. The molecular formula is C7H13NO4S. The number of carboxylic acids is 1. The number of rotatable bonds is 2. The molecule has 6 heteroatoms. The number of hydrogen-bond donors (Lipinski definition) is 2. The Morgan fingerprint density at radius 3 is 2.77 bits per heavy atom. The van der Waals surface area contributed by atoms with Gasteiger partial charge in [-0.2, -0.15) is 0 Å². The monoisotopic (exact) mass is 207 g/mol. The van der Waals surface area contributed by atoms with Crippen LogP contribution in [0.2, 0.25) is 0 Å². The number of sulfone groups is 1. The van der Waals surface area contributed by atoms with Gasteiger partial charge in [-0.05, 0) is 6.42 Å². The van der Waals surface area contributed by atoms with Crippen molar-refractivity contribution in [1.29, 1.82) is 0 Å². The molecule has 1 fully saturated rings. The van der Waals surface area contributed by atoms with E-state index in [2.05, 4.69) is 5.32 Å². The summed E-state index contributed by atoms with van der Waals surface area (Å²) in [5.41, 5.74) is 0. The fourth-order valence-corrected chi connectivity index (χ4v) is 2.61. The molecule has 13 heavy (non-hydrogen) atoms. The third-order valence-corrected chi connectivity index (χ3v) is 3.73. The van der Waals surface area contributed by atoms with E-state index < -0.39 is 15.8 Å². The number of carboxylic acid groups (broad SMARTS) is 1. The molecule has 1 unspecified atom stereocenters. The van der Waals surface area contributed by atoms with Crippen molar-refractivity contribution >= 4 is 15.8 Å². The minimum Gasteiger partial charge on any atom is -0.481 e. The number of aliphatic carboxylic acids is 1. The molecule has 1 aliphatic rings. The third kappa shape index (κ3) is 3.73. The molecular weight excluding hydrogens is 194 g/mol. The van der Waals surface area contributed by atoms with Crippen molar-refractivity contribution in [3.05, 3.63) is 0 Å². The Morgan fingerprint density at radius 1 is 1.46 bits per heavy atom. The lowest BCUT2D eigenvalue weighted by atomic mass is 10.1. The quantitative estimate of drug-likeness (QED) is 0.621. The summed E-state index contributed by atoms with van der Waals surface area (Å²) in [6, 6.07) is -0.199. The van der Waals surface area contributed by atoms with Crippen LogP contribution >= 0.6 is 0 Å². The predicted octanol–water partition coefficient (Wildman–Crippen LogP) is -0.762. The SMILES string of the molecule is O=C(O)CC1CCS(=O)(=O)CCN1. The molecule has 0 aromatic heterocycles. The maximum Gasteiger partial charge on any atom is 0.304 e. The summed E-state index contributed by atoms with van der Waals surface area (Å²) in [5.74, 6) is -0.682. The molecule has 5 nitrogen and oxygen atoms in total. The maximum atomic E-state index is 11.1. The lowest BCUT2D eigenvalue weighted by Gasteiger charge is -2.11. The molecule has 0 aromatic rings. The van der Waals surface area contributed by atoms with Crippen molar-refractivity contribution in [3.63, 3.8) is 0 Å². The molecule has 1 aliphatic heterocycles. The van der Waals surface area contributed by atoms with Crippen molar-refractivity contribution in [2.75, 3.05) is 18.1 Å². The van der Waals surface area contributed by atoms with Crippen LogP contribution in [0, 0.1) is 0 Å². The molecule has 0 radical (unpaired) electrons. The Balaban J connectivity index is 2.50. The van der Waals surface area contributed by atoms with Gasteiger partial charge in [0.25, 0.3) is 0 Å². The topological polar surface area (TPSA) is 83.5 Å². The Hall–Kier alpha value is -0.620. The van der Waals surface area contributed by atoms with Crippen LogP contribution in [0.3, 0.4) is 0 Å². The van der Waals surface area contributed by atoms with Crippen LogP contribution in [0.4, 0.5) is 0 Å². The highest BCUT2D eigenvalue weighted by atomic mass is 32.2. The van der Waals surface area contributed by atoms with Gasteiger partial charge in [-0.3, -0.25) is 4.79 Å². The van der Waals surface area contributed by atoms with E-state index >= 15 is 0 Å². The van der Waals surface area contributed by atoms with Gasteiger partial charge in [0.1, 0.15) is 0 Å². The molecule has 1 heterocycles. The summed E-state index contributed by atoms with van der Waals surface area (Å²) >= 11 is 0. The van der Waals surface area contributed by atoms with E-state index in [1.807, 2.05) is 0 Å². The molecule has 0 aliphatic carbocycles. The summed E-state index contributed by atoms with van der Waals surface area (Å²) in [4.78, 5) is 10.4. The lowest BCUT2D eigenvalue weighted by molar-refractivity contribution is -0.137. The normalized spacial score (nSPS) is 27.8. The van der Waals surface area contributed by atoms with Crippen molar-refractivity contribution < 1.29 is 18.3 Å². The highest BCUT2D eigenvalue weighted by Crippen LogP contribution is 2.06. The Labute approximate surface area is 77.1 Å². The van der Waals surface area contributed by atoms with E-state index in [4.69, 9.17) is 5.11 Å². The second-order valence-corrected chi connectivity index (χ2v) is 5.49. The predicted molar refractivity (Wildman–Crippen MR) is 47.3 cm³/mol. The summed E-state index contributed by atoms with van der Waals surface area (Å²) in [6.45, 7) is 0.361. The van der Waals surface area contributed by atoms with Gasteiger partial charge >= 0.3 is 5.97 Å². The third-order valence-electron chi connectivity index (χ3n) is 2.04.